The second-order valence-electron chi connectivity index (χ2n) is 10.5. The monoisotopic (exact) mass is 610 g/mol. The minimum Gasteiger partial charge on any atom is -0.493 e. The van der Waals surface area contributed by atoms with Crippen LogP contribution in [0.5, 0.6) is 23.0 Å². The standard InChI is InChI=1S/C33H36Cl2N2O5/c1-21-16-28(34)32(29(35)17-21)42-15-14-41-25-9-5-23(6-10-25)26-12-13-36-19-27(26)33(38)37(24-7-8-24)20-22-4-11-30(39-2)31(18-22)40-3/h4-6,9-11,16-18,24,36H,7-8,12-15,19-20H2,1-3H3. The van der Waals surface area contributed by atoms with E-state index in [1.807, 2.05) is 66.4 Å². The van der Waals surface area contributed by atoms with Crippen molar-refractivity contribution in [2.45, 2.75) is 38.8 Å². The lowest BCUT2D eigenvalue weighted by Gasteiger charge is -2.28. The largest absolute Gasteiger partial charge is 0.493 e. The number of hydrogen-bond acceptors (Lipinski definition) is 6. The van der Waals surface area contributed by atoms with Crippen LogP contribution in [0.2, 0.25) is 10.0 Å². The highest BCUT2D eigenvalue weighted by atomic mass is 35.5. The zero-order chi connectivity index (χ0) is 29.6. The first-order chi connectivity index (χ1) is 20.4. The number of amides is 1. The fourth-order valence-electron chi connectivity index (χ4n) is 5.19. The van der Waals surface area contributed by atoms with Crippen molar-refractivity contribution in [1.29, 1.82) is 0 Å². The van der Waals surface area contributed by atoms with Gasteiger partial charge in [0, 0.05) is 24.7 Å². The van der Waals surface area contributed by atoms with Crippen LogP contribution in [0.3, 0.4) is 0 Å². The summed E-state index contributed by atoms with van der Waals surface area (Å²) in [7, 11) is 3.24. The van der Waals surface area contributed by atoms with Crippen molar-refractivity contribution in [3.8, 4) is 23.0 Å². The van der Waals surface area contributed by atoms with Gasteiger partial charge in [0.25, 0.3) is 5.91 Å². The third kappa shape index (κ3) is 7.14. The first-order valence-electron chi connectivity index (χ1n) is 14.1. The van der Waals surface area contributed by atoms with Gasteiger partial charge in [-0.15, -0.1) is 0 Å². The molecule has 5 rings (SSSR count). The van der Waals surface area contributed by atoms with Crippen LogP contribution < -0.4 is 24.3 Å². The third-order valence-corrected chi connectivity index (χ3v) is 8.03. The van der Waals surface area contributed by atoms with Crippen LogP contribution >= 0.6 is 23.2 Å². The highest BCUT2D eigenvalue weighted by molar-refractivity contribution is 6.37. The predicted molar refractivity (Wildman–Crippen MR) is 166 cm³/mol. The minimum atomic E-state index is 0.0837. The van der Waals surface area contributed by atoms with Gasteiger partial charge in [-0.1, -0.05) is 41.4 Å². The van der Waals surface area contributed by atoms with Crippen molar-refractivity contribution in [2.75, 3.05) is 40.5 Å². The van der Waals surface area contributed by atoms with Crippen molar-refractivity contribution >= 4 is 34.7 Å². The zero-order valence-corrected chi connectivity index (χ0v) is 25.7. The molecule has 1 heterocycles. The summed E-state index contributed by atoms with van der Waals surface area (Å²) in [5.74, 6) is 2.60. The molecule has 3 aromatic rings. The number of nitrogens with one attached hydrogen (secondary N) is 1. The summed E-state index contributed by atoms with van der Waals surface area (Å²) < 4.78 is 22.5. The Balaban J connectivity index is 1.26. The first kappa shape index (κ1) is 30.1. The van der Waals surface area contributed by atoms with Crippen LogP contribution in [0.1, 0.15) is 36.0 Å². The van der Waals surface area contributed by atoms with E-state index in [0.29, 0.717) is 53.6 Å². The summed E-state index contributed by atoms with van der Waals surface area (Å²) in [4.78, 5) is 16.0. The Morgan fingerprint density at radius 1 is 0.929 bits per heavy atom. The van der Waals surface area contributed by atoms with Gasteiger partial charge in [0.1, 0.15) is 19.0 Å². The van der Waals surface area contributed by atoms with Gasteiger partial charge in [-0.25, -0.2) is 0 Å². The molecule has 0 spiro atoms. The van der Waals surface area contributed by atoms with E-state index >= 15 is 0 Å². The molecule has 0 saturated heterocycles. The molecule has 42 heavy (non-hydrogen) atoms. The van der Waals surface area contributed by atoms with E-state index in [2.05, 4.69) is 5.32 Å². The van der Waals surface area contributed by atoms with Crippen molar-refractivity contribution in [3.05, 3.63) is 86.9 Å². The highest BCUT2D eigenvalue weighted by Crippen LogP contribution is 2.36. The Bertz CT molecular complexity index is 1430. The SMILES string of the molecule is COc1ccc(CN(C(=O)C2=C(c3ccc(OCCOc4c(Cl)cc(C)cc4Cl)cc3)CCNC2)C2CC2)cc1OC. The van der Waals surface area contributed by atoms with E-state index in [0.717, 1.165) is 59.4 Å². The molecule has 9 heteroatoms. The summed E-state index contributed by atoms with van der Waals surface area (Å²) >= 11 is 12.5. The van der Waals surface area contributed by atoms with Gasteiger partial charge < -0.3 is 29.2 Å². The van der Waals surface area contributed by atoms with Gasteiger partial charge >= 0.3 is 0 Å². The van der Waals surface area contributed by atoms with Gasteiger partial charge in [-0.05, 0) is 91.4 Å². The van der Waals surface area contributed by atoms with Gasteiger partial charge in [0.2, 0.25) is 0 Å². The van der Waals surface area contributed by atoms with E-state index in [-0.39, 0.29) is 11.9 Å². The fraction of sp³-hybridized carbons (Fsp3) is 0.364. The number of ether oxygens (including phenoxy) is 4. The number of nitrogens with zero attached hydrogens (tertiary/aromatic N) is 1. The number of benzene rings is 3. The second kappa shape index (κ2) is 13.7. The van der Waals surface area contributed by atoms with Crippen LogP contribution in [0.25, 0.3) is 5.57 Å². The van der Waals surface area contributed by atoms with Crippen LogP contribution in [0, 0.1) is 6.92 Å². The van der Waals surface area contributed by atoms with Crippen molar-refractivity contribution in [3.63, 3.8) is 0 Å². The quantitative estimate of drug-likeness (QED) is 0.230. The normalized spacial score (nSPS) is 14.9. The topological polar surface area (TPSA) is 69.3 Å². The molecule has 2 aliphatic rings. The molecule has 1 fully saturated rings. The van der Waals surface area contributed by atoms with Crippen LogP contribution in [-0.4, -0.2) is 57.4 Å². The molecule has 3 aromatic carbocycles. The second-order valence-corrected chi connectivity index (χ2v) is 11.3. The van der Waals surface area contributed by atoms with E-state index in [1.165, 1.54) is 0 Å². The van der Waals surface area contributed by atoms with Gasteiger partial charge in [0.05, 0.1) is 24.3 Å². The molecule has 0 unspecified atom stereocenters. The number of methoxy groups -OCH3 is 2. The molecule has 1 aliphatic heterocycles. The number of carbonyl (C=O) groups is 1. The molecule has 1 aliphatic carbocycles. The molecule has 1 saturated carbocycles. The Morgan fingerprint density at radius 2 is 1.62 bits per heavy atom. The van der Waals surface area contributed by atoms with E-state index in [1.54, 1.807) is 14.2 Å². The lowest BCUT2D eigenvalue weighted by molar-refractivity contribution is -0.128. The summed E-state index contributed by atoms with van der Waals surface area (Å²) in [5, 5.41) is 4.36. The first-order valence-corrected chi connectivity index (χ1v) is 14.9. The Morgan fingerprint density at radius 3 is 2.29 bits per heavy atom. The fourth-order valence-corrected chi connectivity index (χ4v) is 5.89. The number of aryl methyl sites for hydroxylation is 1. The molecule has 0 bridgehead atoms. The lowest BCUT2D eigenvalue weighted by atomic mass is 9.93. The maximum Gasteiger partial charge on any atom is 0.251 e. The maximum absolute atomic E-state index is 14.0. The molecule has 1 N–H and O–H groups in total. The molecular formula is C33H36Cl2N2O5. The van der Waals surface area contributed by atoms with E-state index in [9.17, 15) is 4.79 Å². The predicted octanol–water partition coefficient (Wildman–Crippen LogP) is 6.71. The Hall–Kier alpha value is -3.39. The number of rotatable bonds is 12. The number of halogens is 2. The molecule has 7 nitrogen and oxygen atoms in total. The molecule has 0 aromatic heterocycles. The summed E-state index contributed by atoms with van der Waals surface area (Å²) in [5.41, 5.74) is 4.91. The number of carbonyl (C=O) groups excluding carboxylic acids is 1. The third-order valence-electron chi connectivity index (χ3n) is 7.47. The lowest BCUT2D eigenvalue weighted by Crippen LogP contribution is -2.39. The van der Waals surface area contributed by atoms with Crippen molar-refractivity contribution in [2.24, 2.45) is 0 Å². The summed E-state index contributed by atoms with van der Waals surface area (Å²) in [6, 6.07) is 17.6. The van der Waals surface area contributed by atoms with Crippen LogP contribution in [0.15, 0.2) is 60.2 Å². The van der Waals surface area contributed by atoms with Gasteiger partial charge in [-0.3, -0.25) is 4.79 Å². The number of hydrogen-bond donors (Lipinski definition) is 1. The molecule has 1 amide bonds. The van der Waals surface area contributed by atoms with Gasteiger partial charge in [0.15, 0.2) is 17.2 Å². The summed E-state index contributed by atoms with van der Waals surface area (Å²) in [6.07, 6.45) is 2.82. The average molecular weight is 612 g/mol. The average Bonchev–Trinajstić information content (AvgIpc) is 3.84. The molecule has 0 atom stereocenters. The molecular weight excluding hydrogens is 575 g/mol. The molecule has 0 radical (unpaired) electrons. The maximum atomic E-state index is 14.0. The van der Waals surface area contributed by atoms with Crippen molar-refractivity contribution in [1.82, 2.24) is 10.2 Å². The highest BCUT2D eigenvalue weighted by Gasteiger charge is 2.35. The van der Waals surface area contributed by atoms with Crippen molar-refractivity contribution < 1.29 is 23.7 Å². The smallest absolute Gasteiger partial charge is 0.251 e. The summed E-state index contributed by atoms with van der Waals surface area (Å²) in [6.45, 7) is 4.46. The Labute approximate surface area is 257 Å². The van der Waals surface area contributed by atoms with Gasteiger partial charge in [-0.2, -0.15) is 0 Å². The van der Waals surface area contributed by atoms with E-state index in [4.69, 9.17) is 42.1 Å². The van der Waals surface area contributed by atoms with Crippen LogP contribution in [-0.2, 0) is 11.3 Å². The Kier molecular flexibility index (Phi) is 9.83. The zero-order valence-electron chi connectivity index (χ0n) is 24.2. The minimum absolute atomic E-state index is 0.0837. The molecule has 222 valence electrons. The van der Waals surface area contributed by atoms with E-state index < -0.39 is 0 Å². The van der Waals surface area contributed by atoms with Crippen LogP contribution in [0.4, 0.5) is 0 Å².